The van der Waals surface area contributed by atoms with E-state index in [0.29, 0.717) is 23.4 Å². The second kappa shape index (κ2) is 9.55. The van der Waals surface area contributed by atoms with Gasteiger partial charge >= 0.3 is 6.18 Å². The molecule has 0 saturated heterocycles. The smallest absolute Gasteiger partial charge is 0.319 e. The topological polar surface area (TPSA) is 81.8 Å². The van der Waals surface area contributed by atoms with Crippen molar-refractivity contribution in [3.63, 3.8) is 0 Å². The Morgan fingerprint density at radius 1 is 1.05 bits per heavy atom. The van der Waals surface area contributed by atoms with Crippen LogP contribution in [0.2, 0.25) is 0 Å². The number of carbonyl (C=O) groups is 1. The number of halogens is 3. The van der Waals surface area contributed by atoms with Crippen LogP contribution in [-0.4, -0.2) is 31.0 Å². The summed E-state index contributed by atoms with van der Waals surface area (Å²) in [5, 5.41) is 2.46. The van der Waals surface area contributed by atoms with E-state index in [2.05, 4.69) is 15.3 Å². The molecule has 0 atom stereocenters. The number of nitrogens with zero attached hydrogens (tertiary/aromatic N) is 4. The molecule has 11 heteroatoms. The summed E-state index contributed by atoms with van der Waals surface area (Å²) in [4.78, 5) is 34.0. The minimum absolute atomic E-state index is 0.0707. The number of amides is 1. The van der Waals surface area contributed by atoms with E-state index in [1.54, 1.807) is 55.1 Å². The van der Waals surface area contributed by atoms with Crippen molar-refractivity contribution >= 4 is 23.4 Å². The fourth-order valence-corrected chi connectivity index (χ4v) is 5.11. The minimum Gasteiger partial charge on any atom is -0.319 e. The summed E-state index contributed by atoms with van der Waals surface area (Å²) in [5.41, 5.74) is 1.77. The van der Waals surface area contributed by atoms with E-state index in [9.17, 15) is 22.8 Å². The van der Waals surface area contributed by atoms with E-state index in [1.807, 2.05) is 18.2 Å². The van der Waals surface area contributed by atoms with Gasteiger partial charge in [-0.05, 0) is 37.5 Å². The fourth-order valence-electron chi connectivity index (χ4n) is 4.47. The molecule has 190 valence electrons. The molecule has 5 rings (SSSR count). The highest BCUT2D eigenvalue weighted by Gasteiger charge is 2.39. The molecule has 2 aromatic carbocycles. The summed E-state index contributed by atoms with van der Waals surface area (Å²) in [5.74, 6) is -0.817. The zero-order valence-corrected chi connectivity index (χ0v) is 20.8. The summed E-state index contributed by atoms with van der Waals surface area (Å²) in [6.07, 6.45) is -3.99. The van der Waals surface area contributed by atoms with Crippen LogP contribution in [0.15, 0.2) is 64.5 Å². The van der Waals surface area contributed by atoms with Gasteiger partial charge in [0.05, 0.1) is 22.8 Å². The molecule has 2 heterocycles. The first-order chi connectivity index (χ1) is 17.6. The molecular weight excluding hydrogens is 503 g/mol. The highest BCUT2D eigenvalue weighted by atomic mass is 32.2. The number of anilines is 1. The van der Waals surface area contributed by atoms with Crippen molar-refractivity contribution in [2.45, 2.75) is 31.1 Å². The number of thioether (sulfide) groups is 1. The zero-order chi connectivity index (χ0) is 26.3. The lowest BCUT2D eigenvalue weighted by atomic mass is 9.88. The van der Waals surface area contributed by atoms with Crippen LogP contribution < -0.4 is 10.9 Å². The average Bonchev–Trinajstić information content (AvgIpc) is 3.09. The summed E-state index contributed by atoms with van der Waals surface area (Å²) in [6, 6.07) is 16.2. The van der Waals surface area contributed by atoms with Gasteiger partial charge in [0.15, 0.2) is 10.9 Å². The van der Waals surface area contributed by atoms with Gasteiger partial charge in [0.2, 0.25) is 5.91 Å². The van der Waals surface area contributed by atoms with E-state index in [1.165, 1.54) is 4.68 Å². The summed E-state index contributed by atoms with van der Waals surface area (Å²) in [7, 11) is 1.70. The molecule has 0 saturated carbocycles. The molecule has 0 fully saturated rings. The molecule has 0 radical (unpaired) electrons. The largest absolute Gasteiger partial charge is 0.433 e. The molecular formula is C26H22F3N5O2S. The van der Waals surface area contributed by atoms with Gasteiger partial charge < -0.3 is 5.32 Å². The minimum atomic E-state index is -4.65. The normalized spacial score (nSPS) is 12.7. The number of hydrogen-bond acceptors (Lipinski definition) is 5. The Balaban J connectivity index is 1.40. The van der Waals surface area contributed by atoms with Gasteiger partial charge in [-0.15, -0.1) is 0 Å². The number of alkyl halides is 3. The standard InChI is InChI=1S/C26H22F3N5O2S/c1-15-21(24(36)34(33(15)2)17-9-4-3-5-10-17)30-20(35)14-37-25-31-22-18-11-7-6-8-16(18)12-13-19(22)23(32-25)26(27,28)29/h3-11H,12-14H2,1-2H3,(H,30,35). The van der Waals surface area contributed by atoms with E-state index in [0.717, 1.165) is 17.3 Å². The first kappa shape index (κ1) is 24.8. The van der Waals surface area contributed by atoms with Gasteiger partial charge in [0.25, 0.3) is 5.56 Å². The lowest BCUT2D eigenvalue weighted by Gasteiger charge is -2.22. The van der Waals surface area contributed by atoms with Crippen molar-refractivity contribution in [1.29, 1.82) is 0 Å². The van der Waals surface area contributed by atoms with Crippen LogP contribution in [0.25, 0.3) is 16.9 Å². The number of rotatable bonds is 5. The number of hydrogen-bond donors (Lipinski definition) is 1. The molecule has 4 aromatic rings. The molecule has 0 unspecified atom stereocenters. The van der Waals surface area contributed by atoms with Gasteiger partial charge in [-0.3, -0.25) is 14.3 Å². The molecule has 0 aliphatic heterocycles. The predicted molar refractivity (Wildman–Crippen MR) is 135 cm³/mol. The van der Waals surface area contributed by atoms with E-state index >= 15 is 0 Å². The monoisotopic (exact) mass is 525 g/mol. The second-order valence-corrected chi connectivity index (χ2v) is 9.55. The lowest BCUT2D eigenvalue weighted by molar-refractivity contribution is -0.142. The van der Waals surface area contributed by atoms with Crippen LogP contribution >= 0.6 is 11.8 Å². The maximum absolute atomic E-state index is 13.9. The van der Waals surface area contributed by atoms with Crippen LogP contribution in [0.3, 0.4) is 0 Å². The van der Waals surface area contributed by atoms with Gasteiger partial charge in [0.1, 0.15) is 5.69 Å². The number of aromatic nitrogens is 4. The van der Waals surface area contributed by atoms with Crippen molar-refractivity contribution in [3.8, 4) is 16.9 Å². The molecule has 1 aliphatic carbocycles. The highest BCUT2D eigenvalue weighted by Crippen LogP contribution is 2.40. The lowest BCUT2D eigenvalue weighted by Crippen LogP contribution is -2.23. The molecule has 1 amide bonds. The number of nitrogens with one attached hydrogen (secondary N) is 1. The first-order valence-corrected chi connectivity index (χ1v) is 12.5. The van der Waals surface area contributed by atoms with E-state index in [-0.39, 0.29) is 34.3 Å². The fraction of sp³-hybridized carbons (Fsp3) is 0.231. The molecule has 0 spiro atoms. The Morgan fingerprint density at radius 3 is 2.49 bits per heavy atom. The maximum atomic E-state index is 13.9. The highest BCUT2D eigenvalue weighted by molar-refractivity contribution is 7.99. The van der Waals surface area contributed by atoms with Gasteiger partial charge in [-0.1, -0.05) is 54.2 Å². The summed E-state index contributed by atoms with van der Waals surface area (Å²) < 4.78 is 44.7. The van der Waals surface area contributed by atoms with E-state index < -0.39 is 23.3 Å². The number of aryl methyl sites for hydroxylation is 1. The van der Waals surface area contributed by atoms with Gasteiger partial charge in [-0.2, -0.15) is 13.2 Å². The van der Waals surface area contributed by atoms with Crippen LogP contribution in [0.5, 0.6) is 0 Å². The Labute approximate surface area is 214 Å². The van der Waals surface area contributed by atoms with Gasteiger partial charge in [-0.25, -0.2) is 14.6 Å². The quantitative estimate of drug-likeness (QED) is 0.299. The van der Waals surface area contributed by atoms with E-state index in [4.69, 9.17) is 0 Å². The van der Waals surface area contributed by atoms with Crippen LogP contribution in [0.4, 0.5) is 18.9 Å². The third-order valence-electron chi connectivity index (χ3n) is 6.32. The maximum Gasteiger partial charge on any atom is 0.433 e. The van der Waals surface area contributed by atoms with Crippen LogP contribution in [-0.2, 0) is 30.9 Å². The second-order valence-electron chi connectivity index (χ2n) is 8.61. The number of benzene rings is 2. The van der Waals surface area contributed by atoms with Crippen LogP contribution in [0.1, 0.15) is 22.5 Å². The molecule has 0 bridgehead atoms. The third-order valence-corrected chi connectivity index (χ3v) is 7.17. The zero-order valence-electron chi connectivity index (χ0n) is 20.0. The Morgan fingerprint density at radius 2 is 1.76 bits per heavy atom. The molecule has 2 aromatic heterocycles. The number of carbonyl (C=O) groups excluding carboxylic acids is 1. The van der Waals surface area contributed by atoms with Crippen molar-refractivity contribution in [2.24, 2.45) is 7.05 Å². The number of fused-ring (bicyclic) bond motifs is 3. The molecule has 37 heavy (non-hydrogen) atoms. The number of para-hydroxylation sites is 1. The molecule has 7 nitrogen and oxygen atoms in total. The summed E-state index contributed by atoms with van der Waals surface area (Å²) >= 11 is 0.795. The SMILES string of the molecule is Cc1c(NC(=O)CSc2nc3c(c(C(F)(F)F)n2)CCc2ccccc2-3)c(=O)n(-c2ccccc2)n1C. The average molecular weight is 526 g/mol. The van der Waals surface area contributed by atoms with Gasteiger partial charge in [0, 0.05) is 18.2 Å². The molecule has 1 aliphatic rings. The first-order valence-electron chi connectivity index (χ1n) is 11.5. The van der Waals surface area contributed by atoms with Crippen LogP contribution in [0, 0.1) is 6.92 Å². The predicted octanol–water partition coefficient (Wildman–Crippen LogP) is 4.79. The Hall–Kier alpha value is -3.86. The summed E-state index contributed by atoms with van der Waals surface area (Å²) in [6.45, 7) is 1.70. The van der Waals surface area contributed by atoms with Crippen molar-refractivity contribution < 1.29 is 18.0 Å². The van der Waals surface area contributed by atoms with Crippen molar-refractivity contribution in [2.75, 3.05) is 11.1 Å². The van der Waals surface area contributed by atoms with Crippen molar-refractivity contribution in [3.05, 3.63) is 87.5 Å². The Bertz CT molecular complexity index is 1560. The van der Waals surface area contributed by atoms with Crippen molar-refractivity contribution in [1.82, 2.24) is 19.3 Å². The molecule has 1 N–H and O–H groups in total. The Kier molecular flexibility index (Phi) is 6.40. The third kappa shape index (κ3) is 4.66.